The second-order valence-corrected chi connectivity index (χ2v) is 6.61. The minimum Gasteiger partial charge on any atom is -0.279 e. The van der Waals surface area contributed by atoms with Crippen LogP contribution in [0.4, 0.5) is 0 Å². The zero-order valence-electron chi connectivity index (χ0n) is 8.15. The Kier molecular flexibility index (Phi) is 3.88. The van der Waals surface area contributed by atoms with Crippen LogP contribution in [0.2, 0.25) is 0 Å². The number of carbonyl (C=O) groups excluding carboxylic acids is 1. The molecular formula is C8H10ClNO3S2. The zero-order chi connectivity index (χ0) is 11.6. The highest BCUT2D eigenvalue weighted by atomic mass is 35.5. The molecule has 0 aliphatic carbocycles. The third kappa shape index (κ3) is 3.27. The Morgan fingerprint density at radius 3 is 2.53 bits per heavy atom. The van der Waals surface area contributed by atoms with Crippen LogP contribution in [0.3, 0.4) is 0 Å². The van der Waals surface area contributed by atoms with Gasteiger partial charge in [-0.1, -0.05) is 0 Å². The maximum absolute atomic E-state index is 11.6. The molecule has 0 aromatic carbocycles. The maximum atomic E-state index is 11.6. The van der Waals surface area contributed by atoms with Crippen molar-refractivity contribution in [3.8, 4) is 0 Å². The first-order chi connectivity index (χ1) is 6.83. The van der Waals surface area contributed by atoms with Crippen molar-refractivity contribution in [2.45, 2.75) is 24.1 Å². The van der Waals surface area contributed by atoms with Crippen molar-refractivity contribution >= 4 is 38.2 Å². The molecule has 0 aliphatic rings. The first kappa shape index (κ1) is 12.6. The Balaban J connectivity index is 2.90. The molecule has 0 saturated carbocycles. The number of nitrogens with one attached hydrogen (secondary N) is 1. The monoisotopic (exact) mass is 267 g/mol. The van der Waals surface area contributed by atoms with Crippen molar-refractivity contribution in [3.63, 3.8) is 0 Å². The molecule has 1 aromatic heterocycles. The van der Waals surface area contributed by atoms with Crippen LogP contribution in [0, 0.1) is 6.92 Å². The van der Waals surface area contributed by atoms with E-state index in [1.807, 2.05) is 0 Å². The van der Waals surface area contributed by atoms with Crippen LogP contribution >= 0.6 is 22.9 Å². The van der Waals surface area contributed by atoms with E-state index in [0.29, 0.717) is 0 Å². The molecule has 7 heteroatoms. The molecule has 84 valence electrons. The number of rotatable bonds is 4. The van der Waals surface area contributed by atoms with E-state index in [-0.39, 0.29) is 4.21 Å². The third-order valence-corrected chi connectivity index (χ3v) is 5.01. The number of thiophene rings is 1. The quantitative estimate of drug-likeness (QED) is 0.841. The lowest BCUT2D eigenvalue weighted by molar-refractivity contribution is -0.112. The van der Waals surface area contributed by atoms with E-state index in [9.17, 15) is 13.2 Å². The summed E-state index contributed by atoms with van der Waals surface area (Å²) in [6.45, 7) is 3.20. The predicted octanol–water partition coefficient (Wildman–Crippen LogP) is 1.49. The smallest absolute Gasteiger partial charge is 0.250 e. The molecule has 0 bridgehead atoms. The summed E-state index contributed by atoms with van der Waals surface area (Å²) < 4.78 is 25.7. The molecule has 0 spiro atoms. The first-order valence-corrected chi connectivity index (χ1v) is 6.79. The van der Waals surface area contributed by atoms with E-state index >= 15 is 0 Å². The molecule has 1 heterocycles. The molecule has 0 saturated heterocycles. The standard InChI is InChI=1S/C8H10ClNO3S2/c1-5-3-4-7(14-5)15(12,13)10-6(2)8(9)11/h3-4,6,10H,1-2H3. The van der Waals surface area contributed by atoms with Gasteiger partial charge in [0.05, 0.1) is 6.04 Å². The molecule has 0 amide bonds. The van der Waals surface area contributed by atoms with Gasteiger partial charge in [-0.05, 0) is 37.6 Å². The predicted molar refractivity (Wildman–Crippen MR) is 59.7 cm³/mol. The molecule has 1 N–H and O–H groups in total. The normalized spacial score (nSPS) is 13.8. The van der Waals surface area contributed by atoms with Crippen LogP contribution in [-0.4, -0.2) is 19.7 Å². The number of hydrogen-bond donors (Lipinski definition) is 1. The number of halogens is 1. The largest absolute Gasteiger partial charge is 0.279 e. The van der Waals surface area contributed by atoms with Crippen molar-refractivity contribution in [2.75, 3.05) is 0 Å². The van der Waals surface area contributed by atoms with Gasteiger partial charge in [0.1, 0.15) is 4.21 Å². The Labute approximate surface area is 97.3 Å². The van der Waals surface area contributed by atoms with Crippen molar-refractivity contribution < 1.29 is 13.2 Å². The molecular weight excluding hydrogens is 258 g/mol. The van der Waals surface area contributed by atoms with Crippen molar-refractivity contribution in [1.82, 2.24) is 4.72 Å². The van der Waals surface area contributed by atoms with E-state index in [2.05, 4.69) is 4.72 Å². The number of sulfonamides is 1. The third-order valence-electron chi connectivity index (χ3n) is 1.65. The van der Waals surface area contributed by atoms with Crippen molar-refractivity contribution in [2.24, 2.45) is 0 Å². The molecule has 1 rings (SSSR count). The van der Waals surface area contributed by atoms with Crippen LogP contribution in [0.1, 0.15) is 11.8 Å². The Morgan fingerprint density at radius 2 is 2.13 bits per heavy atom. The van der Waals surface area contributed by atoms with Crippen molar-refractivity contribution in [1.29, 1.82) is 0 Å². The van der Waals surface area contributed by atoms with E-state index < -0.39 is 21.3 Å². The lowest BCUT2D eigenvalue weighted by Gasteiger charge is -2.08. The maximum Gasteiger partial charge on any atom is 0.250 e. The van der Waals surface area contributed by atoms with E-state index in [4.69, 9.17) is 11.6 Å². The van der Waals surface area contributed by atoms with E-state index in [1.54, 1.807) is 13.0 Å². The molecule has 1 aromatic rings. The summed E-state index contributed by atoms with van der Waals surface area (Å²) in [5.41, 5.74) is 0. The fraction of sp³-hybridized carbons (Fsp3) is 0.375. The number of carbonyl (C=O) groups is 1. The fourth-order valence-electron chi connectivity index (χ4n) is 0.894. The summed E-state index contributed by atoms with van der Waals surface area (Å²) in [5.74, 6) is 0. The number of hydrogen-bond acceptors (Lipinski definition) is 4. The summed E-state index contributed by atoms with van der Waals surface area (Å²) in [4.78, 5) is 11.6. The molecule has 0 fully saturated rings. The zero-order valence-corrected chi connectivity index (χ0v) is 10.5. The van der Waals surface area contributed by atoms with Crippen molar-refractivity contribution in [3.05, 3.63) is 17.0 Å². The van der Waals surface area contributed by atoms with Gasteiger partial charge in [0.15, 0.2) is 0 Å². The van der Waals surface area contributed by atoms with E-state index in [1.165, 1.54) is 13.0 Å². The van der Waals surface area contributed by atoms with Gasteiger partial charge in [-0.3, -0.25) is 4.79 Å². The van der Waals surface area contributed by atoms with Gasteiger partial charge in [-0.2, -0.15) is 4.72 Å². The Hall–Kier alpha value is -0.430. The molecule has 0 aliphatic heterocycles. The van der Waals surface area contributed by atoms with Gasteiger partial charge < -0.3 is 0 Å². The van der Waals surface area contributed by atoms with Crippen LogP contribution < -0.4 is 4.72 Å². The second kappa shape index (κ2) is 4.61. The molecule has 1 atom stereocenters. The fourth-order valence-corrected chi connectivity index (χ4v) is 3.52. The van der Waals surface area contributed by atoms with Gasteiger partial charge in [0, 0.05) is 4.88 Å². The average Bonchev–Trinajstić information content (AvgIpc) is 2.51. The molecule has 4 nitrogen and oxygen atoms in total. The highest BCUT2D eigenvalue weighted by molar-refractivity contribution is 7.91. The topological polar surface area (TPSA) is 63.2 Å². The number of aryl methyl sites for hydroxylation is 1. The molecule has 15 heavy (non-hydrogen) atoms. The first-order valence-electron chi connectivity index (χ1n) is 4.11. The minimum absolute atomic E-state index is 0.185. The Morgan fingerprint density at radius 1 is 1.53 bits per heavy atom. The van der Waals surface area contributed by atoms with Crippen LogP contribution in [0.25, 0.3) is 0 Å². The summed E-state index contributed by atoms with van der Waals surface area (Å²) in [7, 11) is -3.62. The molecule has 0 radical (unpaired) electrons. The summed E-state index contributed by atoms with van der Waals surface area (Å²) in [6, 6.07) is 2.28. The highest BCUT2D eigenvalue weighted by Crippen LogP contribution is 2.20. The summed E-state index contributed by atoms with van der Waals surface area (Å²) in [6.07, 6.45) is 0. The molecule has 1 unspecified atom stereocenters. The van der Waals surface area contributed by atoms with Crippen LogP contribution in [-0.2, 0) is 14.8 Å². The summed E-state index contributed by atoms with van der Waals surface area (Å²) in [5, 5.41) is -0.730. The van der Waals surface area contributed by atoms with Gasteiger partial charge in [-0.15, -0.1) is 11.3 Å². The SMILES string of the molecule is Cc1ccc(S(=O)(=O)NC(C)C(=O)Cl)s1. The van der Waals surface area contributed by atoms with Crippen LogP contribution in [0.15, 0.2) is 16.3 Å². The van der Waals surface area contributed by atoms with E-state index in [0.717, 1.165) is 16.2 Å². The van der Waals surface area contributed by atoms with Gasteiger partial charge in [-0.25, -0.2) is 8.42 Å². The van der Waals surface area contributed by atoms with Gasteiger partial charge in [0.25, 0.3) is 10.0 Å². The lowest BCUT2D eigenvalue weighted by atomic mass is 10.4. The van der Waals surface area contributed by atoms with Crippen LogP contribution in [0.5, 0.6) is 0 Å². The lowest BCUT2D eigenvalue weighted by Crippen LogP contribution is -2.36. The minimum atomic E-state index is -3.62. The second-order valence-electron chi connectivity index (χ2n) is 3.01. The van der Waals surface area contributed by atoms with Gasteiger partial charge >= 0.3 is 0 Å². The highest BCUT2D eigenvalue weighted by Gasteiger charge is 2.21. The summed E-state index contributed by atoms with van der Waals surface area (Å²) >= 11 is 6.31. The van der Waals surface area contributed by atoms with Gasteiger partial charge in [0.2, 0.25) is 5.24 Å². The Bertz CT molecular complexity index is 466. The average molecular weight is 268 g/mol.